The number of carboxylic acid groups (broad SMARTS) is 1. The minimum Gasteiger partial charge on any atom is -0.479 e. The maximum atomic E-state index is 13.4. The van der Waals surface area contributed by atoms with E-state index in [0.717, 1.165) is 6.07 Å². The van der Waals surface area contributed by atoms with Gasteiger partial charge in [-0.1, -0.05) is 6.92 Å². The largest absolute Gasteiger partial charge is 0.479 e. The zero-order valence-corrected chi connectivity index (χ0v) is 11.5. The Morgan fingerprint density at radius 1 is 1.50 bits per heavy atom. The van der Waals surface area contributed by atoms with Crippen molar-refractivity contribution in [3.05, 3.63) is 28.0 Å². The molecular weight excluding hydrogens is 307 g/mol. The number of ketones is 1. The summed E-state index contributed by atoms with van der Waals surface area (Å²) < 4.78 is 18.6. The van der Waals surface area contributed by atoms with Gasteiger partial charge in [0.05, 0.1) is 10.0 Å². The van der Waals surface area contributed by atoms with Crippen molar-refractivity contribution in [3.8, 4) is 5.75 Å². The third-order valence-corrected chi connectivity index (χ3v) is 2.90. The van der Waals surface area contributed by atoms with Gasteiger partial charge in [0.2, 0.25) is 0 Å². The second kappa shape index (κ2) is 5.95. The molecule has 1 atom stereocenters. The Bertz CT molecular complexity index is 487. The first-order valence-electron chi connectivity index (χ1n) is 5.28. The van der Waals surface area contributed by atoms with Crippen molar-refractivity contribution in [1.82, 2.24) is 0 Å². The lowest BCUT2D eigenvalue weighted by molar-refractivity contribution is -0.144. The van der Waals surface area contributed by atoms with Crippen LogP contribution >= 0.6 is 15.9 Å². The normalized spacial score (nSPS) is 12.0. The number of Topliss-reactive ketones (excluding diaryl/α,β-unsaturated/α-hetero) is 1. The number of halogens is 2. The molecule has 0 aliphatic rings. The van der Waals surface area contributed by atoms with Gasteiger partial charge in [0, 0.05) is 12.5 Å². The van der Waals surface area contributed by atoms with E-state index in [9.17, 15) is 14.0 Å². The van der Waals surface area contributed by atoms with E-state index in [4.69, 9.17) is 9.84 Å². The number of rotatable bonds is 5. The van der Waals surface area contributed by atoms with Gasteiger partial charge in [-0.25, -0.2) is 9.18 Å². The van der Waals surface area contributed by atoms with Crippen LogP contribution < -0.4 is 4.74 Å². The lowest BCUT2D eigenvalue weighted by Crippen LogP contribution is -2.24. The van der Waals surface area contributed by atoms with E-state index in [1.54, 1.807) is 6.92 Å². The van der Waals surface area contributed by atoms with Crippen LogP contribution in [0.2, 0.25) is 0 Å². The van der Waals surface area contributed by atoms with Crippen LogP contribution in [0.15, 0.2) is 16.6 Å². The maximum Gasteiger partial charge on any atom is 0.344 e. The summed E-state index contributed by atoms with van der Waals surface area (Å²) in [7, 11) is 0. The molecule has 0 fully saturated rings. The Hall–Kier alpha value is -1.43. The highest BCUT2D eigenvalue weighted by atomic mass is 79.9. The Labute approximate surface area is 112 Å². The van der Waals surface area contributed by atoms with E-state index in [1.165, 1.54) is 13.0 Å². The number of hydrogen-bond acceptors (Lipinski definition) is 3. The number of ether oxygens (including phenoxy) is 1. The van der Waals surface area contributed by atoms with Gasteiger partial charge in [0.25, 0.3) is 0 Å². The molecule has 0 heterocycles. The van der Waals surface area contributed by atoms with Gasteiger partial charge in [-0.05, 0) is 28.9 Å². The topological polar surface area (TPSA) is 63.6 Å². The Kier molecular flexibility index (Phi) is 4.84. The van der Waals surface area contributed by atoms with Crippen LogP contribution in [-0.2, 0) is 4.79 Å². The Morgan fingerprint density at radius 2 is 2.11 bits per heavy atom. The number of benzene rings is 1. The second-order valence-corrected chi connectivity index (χ2v) is 4.49. The highest BCUT2D eigenvalue weighted by molar-refractivity contribution is 9.10. The van der Waals surface area contributed by atoms with Gasteiger partial charge >= 0.3 is 5.97 Å². The summed E-state index contributed by atoms with van der Waals surface area (Å²) in [6.45, 7) is 2.96. The number of carbonyl (C=O) groups is 2. The molecular formula is C12H12BrFO4. The first-order valence-corrected chi connectivity index (χ1v) is 6.07. The summed E-state index contributed by atoms with van der Waals surface area (Å²) in [6, 6.07) is 2.30. The van der Waals surface area contributed by atoms with Crippen molar-refractivity contribution in [2.75, 3.05) is 0 Å². The van der Waals surface area contributed by atoms with Crippen molar-refractivity contribution in [2.24, 2.45) is 0 Å². The van der Waals surface area contributed by atoms with E-state index in [2.05, 4.69) is 15.9 Å². The number of carbonyl (C=O) groups excluding carboxylic acids is 1. The number of carboxylic acids is 1. The van der Waals surface area contributed by atoms with Gasteiger partial charge in [-0.2, -0.15) is 0 Å². The van der Waals surface area contributed by atoms with Crippen LogP contribution in [-0.4, -0.2) is 23.0 Å². The minimum absolute atomic E-state index is 0.0579. The fourth-order valence-corrected chi connectivity index (χ4v) is 1.62. The van der Waals surface area contributed by atoms with Crippen LogP contribution in [0.5, 0.6) is 5.75 Å². The fraction of sp³-hybridized carbons (Fsp3) is 0.333. The highest BCUT2D eigenvalue weighted by Gasteiger charge is 2.19. The molecule has 0 spiro atoms. The van der Waals surface area contributed by atoms with Crippen LogP contribution in [0.3, 0.4) is 0 Å². The molecule has 98 valence electrons. The molecule has 0 saturated heterocycles. The summed E-state index contributed by atoms with van der Waals surface area (Å²) in [4.78, 5) is 22.4. The summed E-state index contributed by atoms with van der Waals surface area (Å²) in [5.74, 6) is -2.11. The van der Waals surface area contributed by atoms with Gasteiger partial charge in [0.15, 0.2) is 11.9 Å². The molecule has 0 amide bonds. The smallest absolute Gasteiger partial charge is 0.344 e. The van der Waals surface area contributed by atoms with E-state index < -0.39 is 17.9 Å². The highest BCUT2D eigenvalue weighted by Crippen LogP contribution is 2.28. The lowest BCUT2D eigenvalue weighted by atomic mass is 10.1. The van der Waals surface area contributed by atoms with Gasteiger partial charge in [0.1, 0.15) is 11.6 Å². The SMILES string of the molecule is CCC(=O)c1cc(Br)c(F)cc1OC(C)C(=O)O. The zero-order valence-electron chi connectivity index (χ0n) is 9.87. The Morgan fingerprint density at radius 3 is 2.61 bits per heavy atom. The average Bonchev–Trinajstić information content (AvgIpc) is 2.32. The van der Waals surface area contributed by atoms with Crippen molar-refractivity contribution >= 4 is 27.7 Å². The summed E-state index contributed by atoms with van der Waals surface area (Å²) >= 11 is 2.97. The predicted octanol–water partition coefficient (Wildman–Crippen LogP) is 3.03. The van der Waals surface area contributed by atoms with E-state index in [0.29, 0.717) is 0 Å². The summed E-state index contributed by atoms with van der Waals surface area (Å²) in [6.07, 6.45) is -0.940. The molecule has 1 rings (SSSR count). The maximum absolute atomic E-state index is 13.4. The van der Waals surface area contributed by atoms with E-state index in [1.807, 2.05) is 0 Å². The van der Waals surface area contributed by atoms with Crippen molar-refractivity contribution in [3.63, 3.8) is 0 Å². The van der Waals surface area contributed by atoms with Crippen molar-refractivity contribution in [1.29, 1.82) is 0 Å². The first kappa shape index (κ1) is 14.6. The van der Waals surface area contributed by atoms with E-state index >= 15 is 0 Å². The number of hydrogen-bond donors (Lipinski definition) is 1. The van der Waals surface area contributed by atoms with Crippen molar-refractivity contribution < 1.29 is 23.8 Å². The van der Waals surface area contributed by atoms with Gasteiger partial charge < -0.3 is 9.84 Å². The molecule has 1 aromatic carbocycles. The third kappa shape index (κ3) is 3.29. The average molecular weight is 319 g/mol. The molecule has 0 aliphatic heterocycles. The van der Waals surface area contributed by atoms with Crippen LogP contribution in [0.1, 0.15) is 30.6 Å². The molecule has 1 unspecified atom stereocenters. The minimum atomic E-state index is -1.19. The lowest BCUT2D eigenvalue weighted by Gasteiger charge is -2.14. The second-order valence-electron chi connectivity index (χ2n) is 3.64. The molecule has 0 aromatic heterocycles. The standard InChI is InChI=1S/C12H12BrFO4/c1-3-10(15)7-4-8(13)9(14)5-11(7)18-6(2)12(16)17/h4-6H,3H2,1-2H3,(H,16,17). The summed E-state index contributed by atoms with van der Waals surface area (Å²) in [5, 5.41) is 8.74. The van der Waals surface area contributed by atoms with Crippen molar-refractivity contribution in [2.45, 2.75) is 26.4 Å². The van der Waals surface area contributed by atoms with Gasteiger partial charge in [-0.3, -0.25) is 4.79 Å². The molecule has 0 saturated carbocycles. The van der Waals surface area contributed by atoms with Crippen LogP contribution in [0.25, 0.3) is 0 Å². The van der Waals surface area contributed by atoms with Gasteiger partial charge in [-0.15, -0.1) is 0 Å². The molecule has 4 nitrogen and oxygen atoms in total. The fourth-order valence-electron chi connectivity index (χ4n) is 1.28. The first-order chi connectivity index (χ1) is 8.36. The summed E-state index contributed by atoms with van der Waals surface area (Å²) in [5.41, 5.74) is 0.166. The predicted molar refractivity (Wildman–Crippen MR) is 66.4 cm³/mol. The molecule has 0 radical (unpaired) electrons. The molecule has 1 N–H and O–H groups in total. The van der Waals surface area contributed by atoms with Crippen LogP contribution in [0.4, 0.5) is 4.39 Å². The van der Waals surface area contributed by atoms with Crippen LogP contribution in [0, 0.1) is 5.82 Å². The molecule has 0 bridgehead atoms. The molecule has 1 aromatic rings. The quantitative estimate of drug-likeness (QED) is 0.847. The molecule has 6 heteroatoms. The number of aliphatic carboxylic acids is 1. The third-order valence-electron chi connectivity index (χ3n) is 2.30. The molecule has 0 aliphatic carbocycles. The Balaban J connectivity index is 3.19. The monoisotopic (exact) mass is 318 g/mol. The zero-order chi connectivity index (χ0) is 13.9. The molecule has 18 heavy (non-hydrogen) atoms. The van der Waals surface area contributed by atoms with E-state index in [-0.39, 0.29) is 28.0 Å².